The van der Waals surface area contributed by atoms with E-state index in [1.165, 1.54) is 5.56 Å². The Morgan fingerprint density at radius 1 is 1.44 bits per heavy atom. The van der Waals surface area contributed by atoms with Crippen LogP contribution in [0.4, 0.5) is 0 Å². The van der Waals surface area contributed by atoms with Gasteiger partial charge in [-0.05, 0) is 30.5 Å². The maximum Gasteiger partial charge on any atom is 0.213 e. The van der Waals surface area contributed by atoms with Crippen LogP contribution in [0.2, 0.25) is 0 Å². The van der Waals surface area contributed by atoms with E-state index in [1.54, 1.807) is 6.20 Å². The van der Waals surface area contributed by atoms with Crippen LogP contribution in [0, 0.1) is 5.92 Å². The van der Waals surface area contributed by atoms with Gasteiger partial charge in [0.05, 0.1) is 6.61 Å². The summed E-state index contributed by atoms with van der Waals surface area (Å²) in [6.07, 6.45) is 2.87. The number of pyridine rings is 1. The quantitative estimate of drug-likeness (QED) is 0.770. The lowest BCUT2D eigenvalue weighted by Gasteiger charge is -2.08. The van der Waals surface area contributed by atoms with Gasteiger partial charge in [-0.25, -0.2) is 4.98 Å². The van der Waals surface area contributed by atoms with Crippen molar-refractivity contribution in [3.8, 4) is 5.88 Å². The highest BCUT2D eigenvalue weighted by Crippen LogP contribution is 2.10. The van der Waals surface area contributed by atoms with Crippen molar-refractivity contribution in [3.63, 3.8) is 0 Å². The van der Waals surface area contributed by atoms with E-state index in [-0.39, 0.29) is 0 Å². The first-order valence-corrected chi connectivity index (χ1v) is 6.00. The van der Waals surface area contributed by atoms with Crippen LogP contribution in [-0.4, -0.2) is 18.1 Å². The first-order chi connectivity index (χ1) is 7.72. The molecule has 1 rings (SSSR count). The summed E-state index contributed by atoms with van der Waals surface area (Å²) in [6.45, 7) is 9.08. The van der Waals surface area contributed by atoms with Gasteiger partial charge in [-0.1, -0.05) is 20.8 Å². The normalized spacial score (nSPS) is 10.8. The Kier molecular flexibility index (Phi) is 5.86. The maximum absolute atomic E-state index is 5.60. The predicted octanol–water partition coefficient (Wildman–Crippen LogP) is 2.62. The van der Waals surface area contributed by atoms with Gasteiger partial charge in [0.2, 0.25) is 5.88 Å². The topological polar surface area (TPSA) is 34.2 Å². The molecule has 0 amide bonds. The van der Waals surface area contributed by atoms with Crippen LogP contribution in [0.5, 0.6) is 5.88 Å². The summed E-state index contributed by atoms with van der Waals surface area (Å²) in [6, 6.07) is 4.01. The second-order valence-corrected chi connectivity index (χ2v) is 4.31. The molecule has 0 aliphatic carbocycles. The molecule has 0 atom stereocenters. The highest BCUT2D eigenvalue weighted by Gasteiger charge is 1.99. The fraction of sp³-hybridized carbons (Fsp3) is 0.615. The number of nitrogens with one attached hydrogen (secondary N) is 1. The van der Waals surface area contributed by atoms with Gasteiger partial charge in [-0.3, -0.25) is 0 Å². The first kappa shape index (κ1) is 13.0. The van der Waals surface area contributed by atoms with Crippen LogP contribution in [0.15, 0.2) is 18.3 Å². The molecular weight excluding hydrogens is 200 g/mol. The molecule has 0 spiro atoms. The summed E-state index contributed by atoms with van der Waals surface area (Å²) >= 11 is 0. The lowest BCUT2D eigenvalue weighted by Crippen LogP contribution is -2.12. The summed E-state index contributed by atoms with van der Waals surface area (Å²) < 4.78 is 5.60. The Morgan fingerprint density at radius 3 is 2.94 bits per heavy atom. The fourth-order valence-electron chi connectivity index (χ4n) is 1.31. The lowest BCUT2D eigenvalue weighted by molar-refractivity contribution is 0.279. The van der Waals surface area contributed by atoms with Crippen LogP contribution >= 0.6 is 0 Å². The number of aromatic nitrogens is 1. The smallest absolute Gasteiger partial charge is 0.213 e. The maximum atomic E-state index is 5.60. The summed E-state index contributed by atoms with van der Waals surface area (Å²) in [5.41, 5.74) is 1.22. The summed E-state index contributed by atoms with van der Waals surface area (Å²) in [5.74, 6) is 1.40. The molecule has 0 radical (unpaired) electrons. The van der Waals surface area contributed by atoms with Gasteiger partial charge in [0.15, 0.2) is 0 Å². The van der Waals surface area contributed by atoms with Gasteiger partial charge in [-0.2, -0.15) is 0 Å². The van der Waals surface area contributed by atoms with E-state index in [9.17, 15) is 0 Å². The predicted molar refractivity (Wildman–Crippen MR) is 66.6 cm³/mol. The van der Waals surface area contributed by atoms with E-state index >= 15 is 0 Å². The van der Waals surface area contributed by atoms with Gasteiger partial charge in [0.1, 0.15) is 0 Å². The molecule has 16 heavy (non-hydrogen) atoms. The summed E-state index contributed by atoms with van der Waals surface area (Å²) in [5, 5.41) is 3.28. The van der Waals surface area contributed by atoms with Crippen molar-refractivity contribution in [1.82, 2.24) is 10.3 Å². The third kappa shape index (κ3) is 5.12. The second kappa shape index (κ2) is 7.23. The molecule has 1 N–H and O–H groups in total. The molecule has 3 heteroatoms. The standard InChI is InChI=1S/C13H22N2O/c1-4-14-10-12-5-7-15-13(9-12)16-8-6-11(2)3/h5,7,9,11,14H,4,6,8,10H2,1-3H3. The molecule has 0 saturated heterocycles. The third-order valence-corrected chi connectivity index (χ3v) is 2.32. The molecule has 0 fully saturated rings. The van der Waals surface area contributed by atoms with Gasteiger partial charge in [0.25, 0.3) is 0 Å². The Bertz CT molecular complexity index is 300. The van der Waals surface area contributed by atoms with Crippen LogP contribution in [0.25, 0.3) is 0 Å². The van der Waals surface area contributed by atoms with E-state index in [2.05, 4.69) is 31.1 Å². The highest BCUT2D eigenvalue weighted by atomic mass is 16.5. The molecule has 1 aromatic rings. The monoisotopic (exact) mass is 222 g/mol. The van der Waals surface area contributed by atoms with Crippen molar-refractivity contribution in [2.24, 2.45) is 5.92 Å². The molecular formula is C13H22N2O. The number of rotatable bonds is 7. The summed E-state index contributed by atoms with van der Waals surface area (Å²) in [4.78, 5) is 4.19. The Labute approximate surface area is 98.2 Å². The van der Waals surface area contributed by atoms with Crippen molar-refractivity contribution in [2.75, 3.05) is 13.2 Å². The zero-order valence-electron chi connectivity index (χ0n) is 10.5. The molecule has 0 aliphatic heterocycles. The van der Waals surface area contributed by atoms with E-state index in [0.29, 0.717) is 5.92 Å². The minimum atomic E-state index is 0.671. The molecule has 0 aromatic carbocycles. The van der Waals surface area contributed by atoms with Crippen LogP contribution in [-0.2, 0) is 6.54 Å². The van der Waals surface area contributed by atoms with Crippen LogP contribution < -0.4 is 10.1 Å². The number of ether oxygens (including phenoxy) is 1. The van der Waals surface area contributed by atoms with Gasteiger partial charge in [-0.15, -0.1) is 0 Å². The number of hydrogen-bond donors (Lipinski definition) is 1. The summed E-state index contributed by atoms with van der Waals surface area (Å²) in [7, 11) is 0. The van der Waals surface area contributed by atoms with E-state index in [1.807, 2.05) is 12.1 Å². The number of hydrogen-bond acceptors (Lipinski definition) is 3. The van der Waals surface area contributed by atoms with Crippen LogP contribution in [0.1, 0.15) is 32.8 Å². The zero-order chi connectivity index (χ0) is 11.8. The van der Waals surface area contributed by atoms with Gasteiger partial charge < -0.3 is 10.1 Å². The van der Waals surface area contributed by atoms with Crippen molar-refractivity contribution in [2.45, 2.75) is 33.7 Å². The molecule has 0 unspecified atom stereocenters. The van der Waals surface area contributed by atoms with Crippen molar-refractivity contribution >= 4 is 0 Å². The molecule has 90 valence electrons. The SMILES string of the molecule is CCNCc1ccnc(OCCC(C)C)c1. The van der Waals surface area contributed by atoms with E-state index in [0.717, 1.165) is 32.0 Å². The van der Waals surface area contributed by atoms with E-state index in [4.69, 9.17) is 4.74 Å². The van der Waals surface area contributed by atoms with Gasteiger partial charge >= 0.3 is 0 Å². The minimum Gasteiger partial charge on any atom is -0.478 e. The molecule has 0 aliphatic rings. The van der Waals surface area contributed by atoms with E-state index < -0.39 is 0 Å². The molecule has 1 aromatic heterocycles. The van der Waals surface area contributed by atoms with Crippen molar-refractivity contribution < 1.29 is 4.74 Å². The Morgan fingerprint density at radius 2 is 2.25 bits per heavy atom. The average molecular weight is 222 g/mol. The minimum absolute atomic E-state index is 0.671. The zero-order valence-corrected chi connectivity index (χ0v) is 10.5. The Balaban J connectivity index is 2.40. The molecule has 0 saturated carbocycles. The van der Waals surface area contributed by atoms with Crippen molar-refractivity contribution in [3.05, 3.63) is 23.9 Å². The van der Waals surface area contributed by atoms with Crippen molar-refractivity contribution in [1.29, 1.82) is 0 Å². The highest BCUT2D eigenvalue weighted by molar-refractivity contribution is 5.20. The Hall–Kier alpha value is -1.09. The second-order valence-electron chi connectivity index (χ2n) is 4.31. The lowest BCUT2D eigenvalue weighted by atomic mass is 10.1. The van der Waals surface area contributed by atoms with Crippen LogP contribution in [0.3, 0.4) is 0 Å². The largest absolute Gasteiger partial charge is 0.478 e. The molecule has 1 heterocycles. The molecule has 0 bridgehead atoms. The average Bonchev–Trinajstić information content (AvgIpc) is 2.26. The third-order valence-electron chi connectivity index (χ3n) is 2.32. The fourth-order valence-corrected chi connectivity index (χ4v) is 1.31. The first-order valence-electron chi connectivity index (χ1n) is 6.00. The molecule has 3 nitrogen and oxygen atoms in total. The van der Waals surface area contributed by atoms with Gasteiger partial charge in [0, 0.05) is 18.8 Å². The number of nitrogens with zero attached hydrogens (tertiary/aromatic N) is 1.